The Morgan fingerprint density at radius 2 is 2.22 bits per heavy atom. The minimum absolute atomic E-state index is 0.144. The minimum atomic E-state index is 0.144. The zero-order valence-electron chi connectivity index (χ0n) is 13.5. The molecule has 3 heterocycles. The van der Waals surface area contributed by atoms with Crippen molar-refractivity contribution in [2.24, 2.45) is 5.92 Å². The molecule has 122 valence electrons. The maximum Gasteiger partial charge on any atom is 0.253 e. The van der Waals surface area contributed by atoms with Crippen molar-refractivity contribution in [3.63, 3.8) is 0 Å². The molecule has 1 aromatic carbocycles. The molecular formula is C18H23N3O2. The number of aromatic nitrogens is 1. The van der Waals surface area contributed by atoms with E-state index in [1.165, 1.54) is 0 Å². The summed E-state index contributed by atoms with van der Waals surface area (Å²) in [6.07, 6.45) is 2.93. The van der Waals surface area contributed by atoms with E-state index in [9.17, 15) is 4.79 Å². The second-order valence-electron chi connectivity index (χ2n) is 6.70. The number of hydrogen-bond acceptors (Lipinski definition) is 3. The number of nitrogens with zero attached hydrogens (tertiary/aromatic N) is 2. The summed E-state index contributed by atoms with van der Waals surface area (Å²) in [6, 6.07) is 8.31. The van der Waals surface area contributed by atoms with Crippen LogP contribution in [0.15, 0.2) is 30.5 Å². The molecule has 23 heavy (non-hydrogen) atoms. The Kier molecular flexibility index (Phi) is 3.83. The van der Waals surface area contributed by atoms with Crippen LogP contribution in [0.2, 0.25) is 0 Å². The number of carbonyl (C=O) groups excluding carboxylic acids is 1. The van der Waals surface area contributed by atoms with Crippen LogP contribution < -0.4 is 0 Å². The zero-order chi connectivity index (χ0) is 15.8. The number of hydrogen-bond donors (Lipinski definition) is 1. The molecule has 1 N–H and O–H groups in total. The molecule has 0 unspecified atom stereocenters. The Morgan fingerprint density at radius 3 is 3.13 bits per heavy atom. The number of nitrogens with one attached hydrogen (secondary N) is 1. The summed E-state index contributed by atoms with van der Waals surface area (Å²) in [5.41, 5.74) is 1.85. The van der Waals surface area contributed by atoms with E-state index in [1.54, 1.807) is 0 Å². The van der Waals surface area contributed by atoms with E-state index in [-0.39, 0.29) is 5.91 Å². The lowest BCUT2D eigenvalue weighted by Crippen LogP contribution is -2.53. The van der Waals surface area contributed by atoms with E-state index in [1.807, 2.05) is 35.4 Å². The third kappa shape index (κ3) is 2.75. The van der Waals surface area contributed by atoms with E-state index in [0.717, 1.165) is 55.7 Å². The number of benzene rings is 1. The molecule has 2 atom stereocenters. The fraction of sp³-hybridized carbons (Fsp3) is 0.500. The van der Waals surface area contributed by atoms with E-state index < -0.39 is 0 Å². The first kappa shape index (κ1) is 14.7. The van der Waals surface area contributed by atoms with Crippen LogP contribution in [0.5, 0.6) is 0 Å². The summed E-state index contributed by atoms with van der Waals surface area (Å²) in [5, 5.41) is 1.09. The van der Waals surface area contributed by atoms with Crippen molar-refractivity contribution in [1.82, 2.24) is 14.8 Å². The first-order chi connectivity index (χ1) is 11.2. The fourth-order valence-electron chi connectivity index (χ4n) is 3.84. The van der Waals surface area contributed by atoms with Crippen LogP contribution in [0.1, 0.15) is 16.8 Å². The van der Waals surface area contributed by atoms with Crippen molar-refractivity contribution in [1.29, 1.82) is 0 Å². The normalized spacial score (nSPS) is 26.0. The Labute approximate surface area is 136 Å². The Balaban J connectivity index is 1.54. The van der Waals surface area contributed by atoms with Crippen LogP contribution in [0.4, 0.5) is 0 Å². The smallest absolute Gasteiger partial charge is 0.253 e. The first-order valence-corrected chi connectivity index (χ1v) is 8.37. The SMILES string of the molecule is CN1CCOC[C@H]2CCN(C(=O)c3ccc4[nH]ccc4c3)C[C@H]21. The number of piperidine rings is 1. The predicted octanol–water partition coefficient (Wildman–Crippen LogP) is 1.96. The van der Waals surface area contributed by atoms with Gasteiger partial charge in [0.1, 0.15) is 0 Å². The number of aromatic amines is 1. The number of likely N-dealkylation sites (N-methyl/N-ethyl adjacent to an activating group) is 1. The summed E-state index contributed by atoms with van der Waals surface area (Å²) in [5.74, 6) is 0.684. The van der Waals surface area contributed by atoms with Crippen LogP contribution in [0.3, 0.4) is 0 Å². The van der Waals surface area contributed by atoms with Gasteiger partial charge in [-0.05, 0) is 37.7 Å². The van der Waals surface area contributed by atoms with Crippen molar-refractivity contribution in [2.45, 2.75) is 12.5 Å². The monoisotopic (exact) mass is 313 g/mol. The topological polar surface area (TPSA) is 48.6 Å². The molecule has 1 amide bonds. The highest BCUT2D eigenvalue weighted by molar-refractivity contribution is 5.98. The van der Waals surface area contributed by atoms with E-state index >= 15 is 0 Å². The third-order valence-electron chi connectivity index (χ3n) is 5.30. The summed E-state index contributed by atoms with van der Waals surface area (Å²) >= 11 is 0. The number of likely N-dealkylation sites (tertiary alicyclic amines) is 1. The summed E-state index contributed by atoms with van der Waals surface area (Å²) < 4.78 is 5.71. The largest absolute Gasteiger partial charge is 0.380 e. The van der Waals surface area contributed by atoms with Crippen LogP contribution in [-0.2, 0) is 4.74 Å². The lowest BCUT2D eigenvalue weighted by molar-refractivity contribution is 0.0433. The summed E-state index contributed by atoms with van der Waals surface area (Å²) in [6.45, 7) is 4.18. The number of ether oxygens (including phenoxy) is 1. The van der Waals surface area contributed by atoms with Gasteiger partial charge in [-0.2, -0.15) is 0 Å². The van der Waals surface area contributed by atoms with E-state index in [0.29, 0.717) is 12.0 Å². The number of amides is 1. The summed E-state index contributed by atoms with van der Waals surface area (Å²) in [4.78, 5) is 20.4. The Bertz CT molecular complexity index is 711. The fourth-order valence-corrected chi connectivity index (χ4v) is 3.84. The first-order valence-electron chi connectivity index (χ1n) is 8.37. The average Bonchev–Trinajstić information content (AvgIpc) is 2.97. The van der Waals surface area contributed by atoms with Gasteiger partial charge in [0, 0.05) is 54.3 Å². The van der Waals surface area contributed by atoms with Gasteiger partial charge in [-0.25, -0.2) is 0 Å². The molecule has 5 nitrogen and oxygen atoms in total. The highest BCUT2D eigenvalue weighted by atomic mass is 16.5. The molecule has 0 aliphatic carbocycles. The molecular weight excluding hydrogens is 290 g/mol. The van der Waals surface area contributed by atoms with E-state index in [4.69, 9.17) is 4.74 Å². The molecule has 0 saturated carbocycles. The van der Waals surface area contributed by atoms with Crippen molar-refractivity contribution in [3.8, 4) is 0 Å². The standard InChI is InChI=1S/C18H23N3O2/c1-20-8-9-23-12-15-5-7-21(11-17(15)20)18(22)14-2-3-16-13(10-14)4-6-19-16/h2-4,6,10,15,17,19H,5,7-9,11-12H2,1H3/t15-,17-/m1/s1. The number of carbonyl (C=O) groups is 1. The van der Waals surface area contributed by atoms with Gasteiger partial charge in [0.05, 0.1) is 13.2 Å². The maximum atomic E-state index is 12.9. The molecule has 2 saturated heterocycles. The van der Waals surface area contributed by atoms with Crippen LogP contribution in [0.25, 0.3) is 10.9 Å². The van der Waals surface area contributed by atoms with Gasteiger partial charge in [0.2, 0.25) is 0 Å². The number of rotatable bonds is 1. The van der Waals surface area contributed by atoms with Crippen molar-refractivity contribution in [2.75, 3.05) is 39.9 Å². The highest BCUT2D eigenvalue weighted by Gasteiger charge is 2.35. The molecule has 2 fully saturated rings. The third-order valence-corrected chi connectivity index (χ3v) is 5.30. The second-order valence-corrected chi connectivity index (χ2v) is 6.70. The molecule has 5 heteroatoms. The van der Waals surface area contributed by atoms with E-state index in [2.05, 4.69) is 16.9 Å². The van der Waals surface area contributed by atoms with Gasteiger partial charge in [-0.3, -0.25) is 9.69 Å². The second kappa shape index (κ2) is 5.98. The molecule has 0 bridgehead atoms. The summed E-state index contributed by atoms with van der Waals surface area (Å²) in [7, 11) is 2.15. The van der Waals surface area contributed by atoms with Crippen LogP contribution in [-0.4, -0.2) is 66.6 Å². The Morgan fingerprint density at radius 1 is 1.30 bits per heavy atom. The van der Waals surface area contributed by atoms with Gasteiger partial charge in [0.15, 0.2) is 0 Å². The molecule has 2 aliphatic heterocycles. The van der Waals surface area contributed by atoms with Crippen molar-refractivity contribution < 1.29 is 9.53 Å². The average molecular weight is 313 g/mol. The number of H-pyrrole nitrogens is 1. The quantitative estimate of drug-likeness (QED) is 0.875. The van der Waals surface area contributed by atoms with Crippen LogP contribution in [0, 0.1) is 5.92 Å². The molecule has 2 aromatic rings. The Hall–Kier alpha value is -1.85. The van der Waals surface area contributed by atoms with Crippen LogP contribution >= 0.6 is 0 Å². The molecule has 2 aliphatic rings. The van der Waals surface area contributed by atoms with Crippen molar-refractivity contribution in [3.05, 3.63) is 36.0 Å². The minimum Gasteiger partial charge on any atom is -0.380 e. The van der Waals surface area contributed by atoms with Gasteiger partial charge in [-0.1, -0.05) is 0 Å². The van der Waals surface area contributed by atoms with Crippen molar-refractivity contribution >= 4 is 16.8 Å². The predicted molar refractivity (Wildman–Crippen MR) is 89.5 cm³/mol. The van der Waals surface area contributed by atoms with Gasteiger partial charge >= 0.3 is 0 Å². The van der Waals surface area contributed by atoms with Gasteiger partial charge in [0.25, 0.3) is 5.91 Å². The van der Waals surface area contributed by atoms with Gasteiger partial charge in [-0.15, -0.1) is 0 Å². The zero-order valence-corrected chi connectivity index (χ0v) is 13.5. The molecule has 1 aromatic heterocycles. The number of fused-ring (bicyclic) bond motifs is 2. The molecule has 0 spiro atoms. The maximum absolute atomic E-state index is 12.9. The lowest BCUT2D eigenvalue weighted by Gasteiger charge is -2.41. The molecule has 4 rings (SSSR count). The molecule has 0 radical (unpaired) electrons. The van der Waals surface area contributed by atoms with Gasteiger partial charge < -0.3 is 14.6 Å². The highest BCUT2D eigenvalue weighted by Crippen LogP contribution is 2.25. The lowest BCUT2D eigenvalue weighted by atomic mass is 9.91.